The summed E-state index contributed by atoms with van der Waals surface area (Å²) in [7, 11) is 0. The first-order chi connectivity index (χ1) is 6.27. The molecule has 0 saturated carbocycles. The van der Waals surface area contributed by atoms with Gasteiger partial charge in [0.2, 0.25) is 0 Å². The lowest BCUT2D eigenvalue weighted by molar-refractivity contribution is 0.544. The normalized spacial score (nSPS) is 27.6. The van der Waals surface area contributed by atoms with Crippen LogP contribution in [-0.4, -0.2) is 8.76 Å². The van der Waals surface area contributed by atoms with Gasteiger partial charge in [0.1, 0.15) is 0 Å². The fourth-order valence-corrected chi connectivity index (χ4v) is 1.96. The van der Waals surface area contributed by atoms with E-state index in [2.05, 4.69) is 6.08 Å². The molecule has 0 aliphatic heterocycles. The van der Waals surface area contributed by atoms with Crippen LogP contribution in [0.2, 0.25) is 0 Å². The van der Waals surface area contributed by atoms with Gasteiger partial charge < -0.3 is 4.55 Å². The van der Waals surface area contributed by atoms with Crippen molar-refractivity contribution in [2.45, 2.75) is 6.42 Å². The summed E-state index contributed by atoms with van der Waals surface area (Å²) in [6.07, 6.45) is 12.3. The SMILES string of the molecule is O=S([O-])C1=CC2=CC=CCC2C=C1. The highest BCUT2D eigenvalue weighted by Gasteiger charge is 2.14. The topological polar surface area (TPSA) is 40.1 Å². The van der Waals surface area contributed by atoms with Crippen LogP contribution in [0.3, 0.4) is 0 Å². The molecule has 68 valence electrons. The summed E-state index contributed by atoms with van der Waals surface area (Å²) in [5.74, 6) is 0.372. The highest BCUT2D eigenvalue weighted by Crippen LogP contribution is 2.28. The molecule has 0 aromatic rings. The van der Waals surface area contributed by atoms with Crippen molar-refractivity contribution >= 4 is 11.1 Å². The first-order valence-corrected chi connectivity index (χ1v) is 5.21. The van der Waals surface area contributed by atoms with Gasteiger partial charge in [-0.1, -0.05) is 30.4 Å². The lowest BCUT2D eigenvalue weighted by Gasteiger charge is -2.21. The fourth-order valence-electron chi connectivity index (χ4n) is 1.54. The third-order valence-electron chi connectivity index (χ3n) is 2.24. The minimum Gasteiger partial charge on any atom is -0.768 e. The summed E-state index contributed by atoms with van der Waals surface area (Å²) in [6, 6.07) is 0. The maximum atomic E-state index is 10.7. The van der Waals surface area contributed by atoms with E-state index in [0.717, 1.165) is 12.0 Å². The molecule has 0 bridgehead atoms. The fraction of sp³-hybridized carbons (Fsp3) is 0.200. The first-order valence-electron chi connectivity index (χ1n) is 4.13. The Morgan fingerprint density at radius 1 is 1.54 bits per heavy atom. The van der Waals surface area contributed by atoms with Crippen LogP contribution in [0.25, 0.3) is 0 Å². The minimum atomic E-state index is -2.11. The summed E-state index contributed by atoms with van der Waals surface area (Å²) in [5, 5.41) is 0. The zero-order chi connectivity index (χ0) is 9.26. The van der Waals surface area contributed by atoms with Gasteiger partial charge in [-0.15, -0.1) is 0 Å². The van der Waals surface area contributed by atoms with Crippen molar-refractivity contribution < 1.29 is 8.76 Å². The van der Waals surface area contributed by atoms with Crippen molar-refractivity contribution in [1.29, 1.82) is 0 Å². The number of hydrogen-bond donors (Lipinski definition) is 0. The molecule has 2 aliphatic rings. The molecule has 0 N–H and O–H groups in total. The Bertz CT molecular complexity index is 361. The second-order valence-corrected chi connectivity index (χ2v) is 4.02. The highest BCUT2D eigenvalue weighted by atomic mass is 32.2. The summed E-state index contributed by atoms with van der Waals surface area (Å²) in [4.78, 5) is 0.373. The van der Waals surface area contributed by atoms with Crippen molar-refractivity contribution in [3.8, 4) is 0 Å². The molecule has 0 radical (unpaired) electrons. The molecule has 2 nitrogen and oxygen atoms in total. The standard InChI is InChI=1S/C10H10O2S/c11-13(12)10-6-5-8-3-1-2-4-9(8)7-10/h1-2,4-8H,3H2,(H,11,12)/p-1. The van der Waals surface area contributed by atoms with Gasteiger partial charge in [0.15, 0.2) is 0 Å². The van der Waals surface area contributed by atoms with Crippen molar-refractivity contribution in [2.75, 3.05) is 0 Å². The summed E-state index contributed by atoms with van der Waals surface area (Å²) in [5.41, 5.74) is 1.09. The van der Waals surface area contributed by atoms with Gasteiger partial charge in [-0.3, -0.25) is 4.21 Å². The van der Waals surface area contributed by atoms with E-state index < -0.39 is 11.1 Å². The largest absolute Gasteiger partial charge is 0.768 e. The lowest BCUT2D eigenvalue weighted by atomic mass is 9.88. The molecule has 0 amide bonds. The van der Waals surface area contributed by atoms with Gasteiger partial charge in [0.05, 0.1) is 0 Å². The van der Waals surface area contributed by atoms with Crippen LogP contribution in [0.15, 0.2) is 46.9 Å². The van der Waals surface area contributed by atoms with Crippen LogP contribution in [-0.2, 0) is 11.1 Å². The van der Waals surface area contributed by atoms with Crippen LogP contribution in [0.4, 0.5) is 0 Å². The zero-order valence-corrected chi connectivity index (χ0v) is 7.79. The Morgan fingerprint density at radius 2 is 2.38 bits per heavy atom. The van der Waals surface area contributed by atoms with Crippen LogP contribution in [0.1, 0.15) is 6.42 Å². The average Bonchev–Trinajstić information content (AvgIpc) is 2.17. The van der Waals surface area contributed by atoms with Crippen molar-refractivity contribution in [3.63, 3.8) is 0 Å². The van der Waals surface area contributed by atoms with Crippen LogP contribution in [0.5, 0.6) is 0 Å². The zero-order valence-electron chi connectivity index (χ0n) is 6.97. The van der Waals surface area contributed by atoms with E-state index in [1.807, 2.05) is 18.2 Å². The quantitative estimate of drug-likeness (QED) is 0.596. The molecule has 0 aromatic heterocycles. The van der Waals surface area contributed by atoms with Crippen LogP contribution >= 0.6 is 0 Å². The molecule has 3 heteroatoms. The highest BCUT2D eigenvalue weighted by molar-refractivity contribution is 7.83. The maximum Gasteiger partial charge on any atom is 0.0248 e. The summed E-state index contributed by atoms with van der Waals surface area (Å²) >= 11 is -2.11. The van der Waals surface area contributed by atoms with E-state index in [1.165, 1.54) is 0 Å². The molecule has 0 fully saturated rings. The first kappa shape index (κ1) is 8.66. The van der Waals surface area contributed by atoms with E-state index in [4.69, 9.17) is 0 Å². The molecule has 0 aromatic carbocycles. The lowest BCUT2D eigenvalue weighted by Crippen LogP contribution is -2.07. The Morgan fingerprint density at radius 3 is 3.15 bits per heavy atom. The molecule has 2 unspecified atom stereocenters. The minimum absolute atomic E-state index is 0.372. The maximum absolute atomic E-state index is 10.7. The van der Waals surface area contributed by atoms with Gasteiger partial charge >= 0.3 is 0 Å². The molecule has 2 rings (SSSR count). The number of rotatable bonds is 1. The molecule has 0 saturated heterocycles. The molecule has 0 spiro atoms. The Hall–Kier alpha value is -0.930. The third-order valence-corrected chi connectivity index (χ3v) is 2.88. The molecule has 13 heavy (non-hydrogen) atoms. The third kappa shape index (κ3) is 1.71. The summed E-state index contributed by atoms with van der Waals surface area (Å²) < 4.78 is 21.3. The van der Waals surface area contributed by atoms with E-state index >= 15 is 0 Å². The molecule has 2 aliphatic carbocycles. The number of fused-ring (bicyclic) bond motifs is 1. The molecule has 0 heterocycles. The molecule has 2 atom stereocenters. The second kappa shape index (κ2) is 3.44. The number of allylic oxidation sites excluding steroid dienone is 7. The Balaban J connectivity index is 2.34. The second-order valence-electron chi connectivity index (χ2n) is 3.08. The Labute approximate surface area is 79.6 Å². The summed E-state index contributed by atoms with van der Waals surface area (Å²) in [6.45, 7) is 0. The smallest absolute Gasteiger partial charge is 0.0248 e. The van der Waals surface area contributed by atoms with E-state index in [9.17, 15) is 8.76 Å². The van der Waals surface area contributed by atoms with Gasteiger partial charge in [-0.05, 0) is 29.2 Å². The van der Waals surface area contributed by atoms with E-state index in [1.54, 1.807) is 12.2 Å². The van der Waals surface area contributed by atoms with E-state index in [0.29, 0.717) is 10.8 Å². The Kier molecular flexibility index (Phi) is 2.29. The molecular formula is C10H9O2S-. The van der Waals surface area contributed by atoms with Crippen molar-refractivity contribution in [1.82, 2.24) is 0 Å². The van der Waals surface area contributed by atoms with Crippen molar-refractivity contribution in [2.24, 2.45) is 5.92 Å². The predicted molar refractivity (Wildman–Crippen MR) is 51.5 cm³/mol. The van der Waals surface area contributed by atoms with Crippen LogP contribution in [0, 0.1) is 5.92 Å². The average molecular weight is 193 g/mol. The monoisotopic (exact) mass is 193 g/mol. The van der Waals surface area contributed by atoms with E-state index in [-0.39, 0.29) is 0 Å². The number of hydrogen-bond acceptors (Lipinski definition) is 2. The van der Waals surface area contributed by atoms with Gasteiger partial charge in [-0.2, -0.15) is 0 Å². The van der Waals surface area contributed by atoms with Gasteiger partial charge in [0.25, 0.3) is 0 Å². The predicted octanol–water partition coefficient (Wildman–Crippen LogP) is 1.82. The van der Waals surface area contributed by atoms with Gasteiger partial charge in [-0.25, -0.2) is 0 Å². The van der Waals surface area contributed by atoms with Crippen LogP contribution < -0.4 is 0 Å². The van der Waals surface area contributed by atoms with Gasteiger partial charge in [0, 0.05) is 10.8 Å². The van der Waals surface area contributed by atoms with Crippen molar-refractivity contribution in [3.05, 3.63) is 46.9 Å². The molecular weight excluding hydrogens is 184 g/mol.